The molecule has 0 aliphatic heterocycles. The van der Waals surface area contributed by atoms with Gasteiger partial charge in [-0.3, -0.25) is 0 Å². The maximum absolute atomic E-state index is 10.9. The zero-order valence-electron chi connectivity index (χ0n) is 11.4. The van der Waals surface area contributed by atoms with Crippen LogP contribution in [0, 0.1) is 0 Å². The van der Waals surface area contributed by atoms with Gasteiger partial charge in [0.2, 0.25) is 5.95 Å². The third-order valence-corrected chi connectivity index (χ3v) is 2.92. The first kappa shape index (κ1) is 14.0. The van der Waals surface area contributed by atoms with Crippen LogP contribution in [0.15, 0.2) is 30.6 Å². The van der Waals surface area contributed by atoms with E-state index in [9.17, 15) is 4.79 Å². The molecular formula is C14H18N4O2. The zero-order chi connectivity index (χ0) is 14.4. The molecule has 0 fully saturated rings. The minimum Gasteiger partial charge on any atom is -0.478 e. The number of nitrogens with one attached hydrogen (secondary N) is 1. The SMILES string of the molecule is CCCn1ncnc1NCCc1cccc(C(=O)O)c1. The van der Waals surface area contributed by atoms with Crippen molar-refractivity contribution in [2.75, 3.05) is 11.9 Å². The van der Waals surface area contributed by atoms with Crippen LogP contribution in [0.5, 0.6) is 0 Å². The van der Waals surface area contributed by atoms with Crippen LogP contribution in [0.25, 0.3) is 0 Å². The molecule has 0 atom stereocenters. The van der Waals surface area contributed by atoms with E-state index in [0.29, 0.717) is 12.1 Å². The average Bonchev–Trinajstić information content (AvgIpc) is 2.87. The van der Waals surface area contributed by atoms with Crippen LogP contribution in [-0.2, 0) is 13.0 Å². The zero-order valence-corrected chi connectivity index (χ0v) is 11.4. The van der Waals surface area contributed by atoms with Crippen LogP contribution >= 0.6 is 0 Å². The minimum atomic E-state index is -0.900. The van der Waals surface area contributed by atoms with Crippen molar-refractivity contribution in [1.82, 2.24) is 14.8 Å². The average molecular weight is 274 g/mol. The predicted molar refractivity (Wildman–Crippen MR) is 75.9 cm³/mol. The molecule has 0 aliphatic rings. The third kappa shape index (κ3) is 3.57. The van der Waals surface area contributed by atoms with Crippen molar-refractivity contribution >= 4 is 11.9 Å². The van der Waals surface area contributed by atoms with Gasteiger partial charge < -0.3 is 10.4 Å². The van der Waals surface area contributed by atoms with Gasteiger partial charge in [-0.2, -0.15) is 10.1 Å². The molecule has 20 heavy (non-hydrogen) atoms. The number of anilines is 1. The lowest BCUT2D eigenvalue weighted by Gasteiger charge is -2.07. The molecule has 1 aromatic carbocycles. The van der Waals surface area contributed by atoms with Crippen LogP contribution in [-0.4, -0.2) is 32.4 Å². The second kappa shape index (κ2) is 6.70. The first-order valence-corrected chi connectivity index (χ1v) is 6.64. The van der Waals surface area contributed by atoms with Crippen molar-refractivity contribution < 1.29 is 9.90 Å². The monoisotopic (exact) mass is 274 g/mol. The second-order valence-electron chi connectivity index (χ2n) is 4.49. The molecule has 6 nitrogen and oxygen atoms in total. The summed E-state index contributed by atoms with van der Waals surface area (Å²) in [6.45, 7) is 3.60. The molecule has 6 heteroatoms. The van der Waals surface area contributed by atoms with Crippen LogP contribution in [0.1, 0.15) is 29.3 Å². The number of carboxylic acids is 1. The van der Waals surface area contributed by atoms with Crippen molar-refractivity contribution in [3.05, 3.63) is 41.7 Å². The van der Waals surface area contributed by atoms with Gasteiger partial charge >= 0.3 is 5.97 Å². The molecule has 0 unspecified atom stereocenters. The van der Waals surface area contributed by atoms with Crippen LogP contribution < -0.4 is 5.32 Å². The molecule has 1 aromatic heterocycles. The van der Waals surface area contributed by atoms with Gasteiger partial charge in [0.05, 0.1) is 5.56 Å². The Balaban J connectivity index is 1.91. The number of carboxylic acid groups (broad SMARTS) is 1. The Morgan fingerprint density at radius 3 is 3.05 bits per heavy atom. The molecule has 0 saturated carbocycles. The summed E-state index contributed by atoms with van der Waals surface area (Å²) in [7, 11) is 0. The van der Waals surface area contributed by atoms with Gasteiger partial charge in [0.1, 0.15) is 6.33 Å². The molecule has 0 spiro atoms. The highest BCUT2D eigenvalue weighted by atomic mass is 16.4. The Morgan fingerprint density at radius 2 is 2.30 bits per heavy atom. The molecule has 1 heterocycles. The maximum atomic E-state index is 10.9. The summed E-state index contributed by atoms with van der Waals surface area (Å²) in [5, 5.41) is 16.3. The fourth-order valence-electron chi connectivity index (χ4n) is 1.96. The number of carbonyl (C=O) groups is 1. The first-order valence-electron chi connectivity index (χ1n) is 6.64. The summed E-state index contributed by atoms with van der Waals surface area (Å²) in [5.41, 5.74) is 1.30. The standard InChI is InChI=1S/C14H18N4O2/c1-2-8-18-14(16-10-17-18)15-7-6-11-4-3-5-12(9-11)13(19)20/h3-5,9-10H,2,6-8H2,1H3,(H,19,20)(H,15,16,17). The number of aromatic carboxylic acids is 1. The largest absolute Gasteiger partial charge is 0.478 e. The van der Waals surface area contributed by atoms with E-state index in [1.54, 1.807) is 18.2 Å². The highest BCUT2D eigenvalue weighted by Gasteiger charge is 2.05. The maximum Gasteiger partial charge on any atom is 0.335 e. The molecule has 106 valence electrons. The van der Waals surface area contributed by atoms with E-state index in [2.05, 4.69) is 22.3 Å². The Hall–Kier alpha value is -2.37. The van der Waals surface area contributed by atoms with Crippen molar-refractivity contribution in [2.24, 2.45) is 0 Å². The van der Waals surface area contributed by atoms with Crippen LogP contribution in [0.2, 0.25) is 0 Å². The molecule has 0 amide bonds. The quantitative estimate of drug-likeness (QED) is 0.807. The van der Waals surface area contributed by atoms with E-state index >= 15 is 0 Å². The molecule has 0 bridgehead atoms. The Kier molecular flexibility index (Phi) is 4.70. The van der Waals surface area contributed by atoms with E-state index in [1.165, 1.54) is 6.33 Å². The van der Waals surface area contributed by atoms with E-state index in [-0.39, 0.29) is 0 Å². The van der Waals surface area contributed by atoms with E-state index < -0.39 is 5.97 Å². The lowest BCUT2D eigenvalue weighted by Crippen LogP contribution is -2.12. The normalized spacial score (nSPS) is 10.4. The number of aromatic nitrogens is 3. The van der Waals surface area contributed by atoms with Gasteiger partial charge in [-0.15, -0.1) is 0 Å². The highest BCUT2D eigenvalue weighted by molar-refractivity contribution is 5.87. The first-order chi connectivity index (χ1) is 9.70. The van der Waals surface area contributed by atoms with E-state index in [0.717, 1.165) is 30.9 Å². The van der Waals surface area contributed by atoms with Gasteiger partial charge in [-0.05, 0) is 30.5 Å². The molecular weight excluding hydrogens is 256 g/mol. The number of rotatable bonds is 7. The van der Waals surface area contributed by atoms with Crippen LogP contribution in [0.4, 0.5) is 5.95 Å². The summed E-state index contributed by atoms with van der Waals surface area (Å²) in [4.78, 5) is 15.1. The summed E-state index contributed by atoms with van der Waals surface area (Å²) in [5.74, 6) is -0.149. The summed E-state index contributed by atoms with van der Waals surface area (Å²) < 4.78 is 1.83. The number of hydrogen-bond donors (Lipinski definition) is 2. The minimum absolute atomic E-state index is 0.316. The van der Waals surface area contributed by atoms with Gasteiger partial charge in [0.25, 0.3) is 0 Å². The number of nitrogens with zero attached hydrogens (tertiary/aromatic N) is 3. The van der Waals surface area contributed by atoms with Gasteiger partial charge in [0.15, 0.2) is 0 Å². The number of benzene rings is 1. The molecule has 2 aromatic rings. The lowest BCUT2D eigenvalue weighted by atomic mass is 10.1. The number of hydrogen-bond acceptors (Lipinski definition) is 4. The third-order valence-electron chi connectivity index (χ3n) is 2.92. The van der Waals surface area contributed by atoms with Crippen molar-refractivity contribution in [3.8, 4) is 0 Å². The second-order valence-corrected chi connectivity index (χ2v) is 4.49. The smallest absolute Gasteiger partial charge is 0.335 e. The van der Waals surface area contributed by atoms with Gasteiger partial charge in [0, 0.05) is 13.1 Å². The predicted octanol–water partition coefficient (Wildman–Crippen LogP) is 2.04. The molecule has 0 aliphatic carbocycles. The van der Waals surface area contributed by atoms with Crippen molar-refractivity contribution in [1.29, 1.82) is 0 Å². The molecule has 0 saturated heterocycles. The fourth-order valence-corrected chi connectivity index (χ4v) is 1.96. The van der Waals surface area contributed by atoms with Crippen molar-refractivity contribution in [3.63, 3.8) is 0 Å². The Labute approximate surface area is 117 Å². The fraction of sp³-hybridized carbons (Fsp3) is 0.357. The van der Waals surface area contributed by atoms with Crippen molar-refractivity contribution in [2.45, 2.75) is 26.3 Å². The topological polar surface area (TPSA) is 80.0 Å². The molecule has 0 radical (unpaired) electrons. The Bertz CT molecular complexity index is 580. The number of aryl methyl sites for hydroxylation is 1. The van der Waals surface area contributed by atoms with Gasteiger partial charge in [-0.25, -0.2) is 9.48 Å². The molecule has 2 rings (SSSR count). The lowest BCUT2D eigenvalue weighted by molar-refractivity contribution is 0.0697. The van der Waals surface area contributed by atoms with Crippen LogP contribution in [0.3, 0.4) is 0 Å². The Morgan fingerprint density at radius 1 is 1.45 bits per heavy atom. The highest BCUT2D eigenvalue weighted by Crippen LogP contribution is 2.07. The summed E-state index contributed by atoms with van der Waals surface area (Å²) in [6.07, 6.45) is 3.27. The molecule has 2 N–H and O–H groups in total. The van der Waals surface area contributed by atoms with E-state index in [4.69, 9.17) is 5.11 Å². The van der Waals surface area contributed by atoms with Gasteiger partial charge in [-0.1, -0.05) is 19.1 Å². The summed E-state index contributed by atoms with van der Waals surface area (Å²) >= 11 is 0. The summed E-state index contributed by atoms with van der Waals surface area (Å²) in [6, 6.07) is 6.97. The van der Waals surface area contributed by atoms with E-state index in [1.807, 2.05) is 10.7 Å².